The molecule has 0 saturated carbocycles. The van der Waals surface area contributed by atoms with E-state index in [-0.39, 0.29) is 0 Å². The Morgan fingerprint density at radius 1 is 1.23 bits per heavy atom. The van der Waals surface area contributed by atoms with Gasteiger partial charge in [0, 0.05) is 32.5 Å². The highest BCUT2D eigenvalue weighted by Gasteiger charge is 2.15. The fraction of sp³-hybridized carbons (Fsp3) is 0.400. The van der Waals surface area contributed by atoms with Gasteiger partial charge >= 0.3 is 0 Å². The number of hydrogen-bond donors (Lipinski definition) is 1. The number of rotatable bonds is 6. The summed E-state index contributed by atoms with van der Waals surface area (Å²) in [7, 11) is -1.07. The van der Waals surface area contributed by atoms with Crippen molar-refractivity contribution in [2.45, 2.75) is 32.4 Å². The molecule has 1 N–H and O–H groups in total. The predicted molar refractivity (Wildman–Crippen MR) is 89.2 cm³/mol. The largest absolute Gasteiger partial charge is 0.359 e. The fourth-order valence-corrected chi connectivity index (χ4v) is 2.97. The Balaban J connectivity index is 1.81. The van der Waals surface area contributed by atoms with Crippen LogP contribution < -0.4 is 0 Å². The molecule has 22 heavy (non-hydrogen) atoms. The second-order valence-corrected chi connectivity index (χ2v) is 12.2. The maximum absolute atomic E-state index is 5.80. The van der Waals surface area contributed by atoms with Gasteiger partial charge in [0.15, 0.2) is 5.65 Å². The number of nitrogens with zero attached hydrogens (tertiary/aromatic N) is 4. The van der Waals surface area contributed by atoms with Crippen molar-refractivity contribution in [3.63, 3.8) is 0 Å². The number of ether oxygens (including phenoxy) is 1. The van der Waals surface area contributed by atoms with E-state index in [2.05, 4.69) is 39.9 Å². The molecule has 0 aliphatic carbocycles. The van der Waals surface area contributed by atoms with Gasteiger partial charge in [-0.15, -0.1) is 0 Å². The van der Waals surface area contributed by atoms with Crippen molar-refractivity contribution in [1.82, 2.24) is 25.0 Å². The molecule has 0 unspecified atom stereocenters. The number of hydrogen-bond acceptors (Lipinski definition) is 4. The normalized spacial score (nSPS) is 12.1. The third-order valence-electron chi connectivity index (χ3n) is 3.47. The average Bonchev–Trinajstić information content (AvgIpc) is 3.10. The van der Waals surface area contributed by atoms with Gasteiger partial charge in [0.1, 0.15) is 12.4 Å². The summed E-state index contributed by atoms with van der Waals surface area (Å²) in [6.07, 6.45) is 3.50. The molecule has 0 aliphatic rings. The van der Waals surface area contributed by atoms with Crippen molar-refractivity contribution in [3.8, 4) is 11.4 Å². The first-order valence-electron chi connectivity index (χ1n) is 7.44. The first-order valence-corrected chi connectivity index (χ1v) is 11.1. The molecule has 0 atom stereocenters. The van der Waals surface area contributed by atoms with E-state index in [1.807, 2.05) is 22.9 Å². The molecule has 0 aliphatic heterocycles. The molecule has 3 heterocycles. The zero-order valence-electron chi connectivity index (χ0n) is 13.2. The van der Waals surface area contributed by atoms with Crippen LogP contribution in [0.15, 0.2) is 30.6 Å². The van der Waals surface area contributed by atoms with Crippen LogP contribution in [0.25, 0.3) is 22.4 Å². The van der Waals surface area contributed by atoms with E-state index in [1.165, 1.54) is 0 Å². The molecule has 7 heteroatoms. The monoisotopic (exact) mass is 315 g/mol. The highest BCUT2D eigenvalue weighted by molar-refractivity contribution is 6.76. The second-order valence-electron chi connectivity index (χ2n) is 6.54. The summed E-state index contributed by atoms with van der Waals surface area (Å²) in [4.78, 5) is 4.43. The van der Waals surface area contributed by atoms with Gasteiger partial charge in [-0.25, -0.2) is 9.67 Å². The second kappa shape index (κ2) is 6.02. The number of aromatic nitrogens is 5. The average molecular weight is 315 g/mol. The Morgan fingerprint density at radius 3 is 2.82 bits per heavy atom. The number of fused-ring (bicyclic) bond motifs is 1. The van der Waals surface area contributed by atoms with E-state index in [1.54, 1.807) is 12.4 Å². The highest BCUT2D eigenvalue weighted by Crippen LogP contribution is 2.24. The topological polar surface area (TPSA) is 68.6 Å². The summed E-state index contributed by atoms with van der Waals surface area (Å²) in [5.41, 5.74) is 2.58. The minimum Gasteiger partial charge on any atom is -0.359 e. The molecule has 0 aromatic carbocycles. The first kappa shape index (κ1) is 14.9. The third-order valence-corrected chi connectivity index (χ3v) is 5.18. The lowest BCUT2D eigenvalue weighted by molar-refractivity contribution is 0.0814. The maximum atomic E-state index is 5.80. The van der Waals surface area contributed by atoms with E-state index in [0.29, 0.717) is 6.73 Å². The molecule has 6 nitrogen and oxygen atoms in total. The minimum absolute atomic E-state index is 0.423. The molecule has 3 aromatic heterocycles. The smallest absolute Gasteiger partial charge is 0.160 e. The number of pyridine rings is 1. The molecule has 3 rings (SSSR count). The molecule has 0 spiro atoms. The zero-order valence-corrected chi connectivity index (χ0v) is 14.2. The van der Waals surface area contributed by atoms with Crippen LogP contribution in [0, 0.1) is 0 Å². The van der Waals surface area contributed by atoms with Gasteiger partial charge in [-0.3, -0.25) is 5.10 Å². The Kier molecular flexibility index (Phi) is 4.08. The van der Waals surface area contributed by atoms with Gasteiger partial charge in [-0.1, -0.05) is 19.6 Å². The van der Waals surface area contributed by atoms with Crippen molar-refractivity contribution in [2.24, 2.45) is 0 Å². The van der Waals surface area contributed by atoms with Gasteiger partial charge < -0.3 is 4.74 Å². The molecule has 0 saturated heterocycles. The van der Waals surface area contributed by atoms with E-state index in [4.69, 9.17) is 4.74 Å². The van der Waals surface area contributed by atoms with Crippen molar-refractivity contribution < 1.29 is 4.74 Å². The van der Waals surface area contributed by atoms with Gasteiger partial charge in [0.2, 0.25) is 0 Å². The van der Waals surface area contributed by atoms with Crippen molar-refractivity contribution in [3.05, 3.63) is 30.6 Å². The first-order chi connectivity index (χ1) is 10.5. The maximum Gasteiger partial charge on any atom is 0.160 e. The van der Waals surface area contributed by atoms with Crippen LogP contribution in [-0.4, -0.2) is 39.6 Å². The van der Waals surface area contributed by atoms with Crippen molar-refractivity contribution in [1.29, 1.82) is 0 Å². The third kappa shape index (κ3) is 3.25. The summed E-state index contributed by atoms with van der Waals surface area (Å²) in [6.45, 7) is 8.22. The van der Waals surface area contributed by atoms with Gasteiger partial charge in [0.25, 0.3) is 0 Å². The Labute approximate surface area is 130 Å². The molecule has 116 valence electrons. The van der Waals surface area contributed by atoms with E-state index < -0.39 is 8.07 Å². The van der Waals surface area contributed by atoms with Crippen LogP contribution >= 0.6 is 0 Å². The van der Waals surface area contributed by atoms with Crippen LogP contribution in [0.4, 0.5) is 0 Å². The summed E-state index contributed by atoms with van der Waals surface area (Å²) in [5, 5.41) is 12.6. The molecule has 0 bridgehead atoms. The Morgan fingerprint density at radius 2 is 2.09 bits per heavy atom. The lowest BCUT2D eigenvalue weighted by Gasteiger charge is -2.15. The quantitative estimate of drug-likeness (QED) is 0.560. The predicted octanol–water partition coefficient (Wildman–Crippen LogP) is 3.13. The van der Waals surface area contributed by atoms with Gasteiger partial charge in [-0.05, 0) is 24.2 Å². The molecule has 0 radical (unpaired) electrons. The molecule has 0 fully saturated rings. The summed E-state index contributed by atoms with van der Waals surface area (Å²) in [6, 6.07) is 6.99. The van der Waals surface area contributed by atoms with E-state index in [9.17, 15) is 0 Å². The summed E-state index contributed by atoms with van der Waals surface area (Å²) in [5.74, 6) is 0. The fourth-order valence-electron chi connectivity index (χ4n) is 2.22. The van der Waals surface area contributed by atoms with E-state index >= 15 is 0 Å². The Bertz CT molecular complexity index is 745. The number of aromatic amines is 1. The van der Waals surface area contributed by atoms with Crippen LogP contribution in [0.5, 0.6) is 0 Å². The van der Waals surface area contributed by atoms with Crippen LogP contribution in [0.1, 0.15) is 0 Å². The SMILES string of the molecule is C[Si](C)(C)CCOCn1nc(-c2ccn[nH]2)c2cccnc21. The van der Waals surface area contributed by atoms with Crippen molar-refractivity contribution in [2.75, 3.05) is 6.61 Å². The molecule has 3 aromatic rings. The highest BCUT2D eigenvalue weighted by atomic mass is 28.3. The van der Waals surface area contributed by atoms with Crippen molar-refractivity contribution >= 4 is 19.1 Å². The number of nitrogens with one attached hydrogen (secondary N) is 1. The van der Waals surface area contributed by atoms with Crippen LogP contribution in [0.3, 0.4) is 0 Å². The van der Waals surface area contributed by atoms with Gasteiger partial charge in [0.05, 0.1) is 5.69 Å². The lowest BCUT2D eigenvalue weighted by Crippen LogP contribution is -2.22. The van der Waals surface area contributed by atoms with E-state index in [0.717, 1.165) is 35.1 Å². The minimum atomic E-state index is -1.07. The van der Waals surface area contributed by atoms with Crippen LogP contribution in [0.2, 0.25) is 25.7 Å². The van der Waals surface area contributed by atoms with Gasteiger partial charge in [-0.2, -0.15) is 10.2 Å². The lowest BCUT2D eigenvalue weighted by atomic mass is 10.2. The summed E-state index contributed by atoms with van der Waals surface area (Å²) < 4.78 is 7.62. The number of H-pyrrole nitrogens is 1. The zero-order chi connectivity index (χ0) is 15.6. The van der Waals surface area contributed by atoms with Crippen LogP contribution in [-0.2, 0) is 11.5 Å². The molecular formula is C15H21N5OSi. The molecular weight excluding hydrogens is 294 g/mol. The Hall–Kier alpha value is -1.99. The summed E-state index contributed by atoms with van der Waals surface area (Å²) >= 11 is 0. The molecule has 0 amide bonds. The standard InChI is InChI=1S/C15H21N5OSi/c1-22(2,3)10-9-21-11-20-15-12(5-4-7-16-15)14(19-20)13-6-8-17-18-13/h4-8H,9-11H2,1-3H3,(H,17,18).